The highest BCUT2D eigenvalue weighted by Gasteiger charge is 2.14. The van der Waals surface area contributed by atoms with Gasteiger partial charge in [-0.2, -0.15) is 0 Å². The standard InChI is InChI=1S/C33H59N5O6/c1-28(2)29-11-6-12-30(27-29)33(41)38(5)20-10-18-36(3)17-9-19-37(4)32(40)14-13-31(39)35-16-8-22-43-24-26-44-25-23-42-21-7-15-34/h6,11-12,27-28H,7-10,13-26,34H2,1-5H3,(H,35,39). The second-order valence-electron chi connectivity index (χ2n) is 11.5. The van der Waals surface area contributed by atoms with Crippen molar-refractivity contribution < 1.29 is 28.6 Å². The molecule has 1 rings (SSSR count). The van der Waals surface area contributed by atoms with E-state index >= 15 is 0 Å². The van der Waals surface area contributed by atoms with Gasteiger partial charge < -0.3 is 40.0 Å². The molecule has 3 amide bonds. The second kappa shape index (κ2) is 24.7. The van der Waals surface area contributed by atoms with Gasteiger partial charge in [0, 0.05) is 65.3 Å². The lowest BCUT2D eigenvalue weighted by atomic mass is 10.0. The van der Waals surface area contributed by atoms with Gasteiger partial charge >= 0.3 is 0 Å². The Morgan fingerprint density at radius 2 is 1.36 bits per heavy atom. The summed E-state index contributed by atoms with van der Waals surface area (Å²) in [6.07, 6.45) is 3.65. The van der Waals surface area contributed by atoms with Crippen molar-refractivity contribution in [3.63, 3.8) is 0 Å². The number of hydrogen-bond donors (Lipinski definition) is 2. The number of hydrogen-bond acceptors (Lipinski definition) is 8. The van der Waals surface area contributed by atoms with Crippen LogP contribution in [0.15, 0.2) is 24.3 Å². The highest BCUT2D eigenvalue weighted by molar-refractivity contribution is 5.94. The van der Waals surface area contributed by atoms with Crippen LogP contribution in [-0.4, -0.2) is 132 Å². The quantitative estimate of drug-likeness (QED) is 0.151. The first-order valence-electron chi connectivity index (χ1n) is 16.1. The minimum atomic E-state index is -0.125. The number of benzene rings is 1. The zero-order valence-electron chi connectivity index (χ0n) is 28.0. The molecule has 0 spiro atoms. The lowest BCUT2D eigenvalue weighted by Crippen LogP contribution is -2.33. The van der Waals surface area contributed by atoms with Crippen LogP contribution in [0.1, 0.15) is 74.2 Å². The van der Waals surface area contributed by atoms with Crippen molar-refractivity contribution in [3.05, 3.63) is 35.4 Å². The third-order valence-corrected chi connectivity index (χ3v) is 7.23. The van der Waals surface area contributed by atoms with Gasteiger partial charge in [-0.1, -0.05) is 26.0 Å². The predicted octanol–water partition coefficient (Wildman–Crippen LogP) is 2.74. The fourth-order valence-corrected chi connectivity index (χ4v) is 4.37. The summed E-state index contributed by atoms with van der Waals surface area (Å²) < 4.78 is 16.3. The SMILES string of the molecule is CC(C)c1cccc(C(=O)N(C)CCCN(C)CCCN(C)C(=O)CCC(=O)NCCCOCCOCCOCCCN)c1. The van der Waals surface area contributed by atoms with Gasteiger partial charge in [0.2, 0.25) is 11.8 Å². The molecule has 0 heterocycles. The summed E-state index contributed by atoms with van der Waals surface area (Å²) in [6.45, 7) is 11.7. The first kappa shape index (κ1) is 39.5. The molecule has 0 radical (unpaired) electrons. The Morgan fingerprint density at radius 1 is 0.773 bits per heavy atom. The van der Waals surface area contributed by atoms with Crippen molar-refractivity contribution in [1.82, 2.24) is 20.0 Å². The van der Waals surface area contributed by atoms with Crippen LogP contribution in [0.3, 0.4) is 0 Å². The Balaban J connectivity index is 2.05. The van der Waals surface area contributed by atoms with E-state index in [2.05, 4.69) is 37.2 Å². The van der Waals surface area contributed by atoms with Gasteiger partial charge in [0.05, 0.1) is 26.4 Å². The molecular weight excluding hydrogens is 562 g/mol. The zero-order chi connectivity index (χ0) is 32.6. The summed E-state index contributed by atoms with van der Waals surface area (Å²) in [7, 11) is 5.69. The fraction of sp³-hybridized carbons (Fsp3) is 0.727. The Kier molecular flexibility index (Phi) is 22.2. The van der Waals surface area contributed by atoms with E-state index in [1.807, 2.05) is 25.2 Å². The van der Waals surface area contributed by atoms with Gasteiger partial charge in [0.25, 0.3) is 5.91 Å². The molecule has 3 N–H and O–H groups in total. The molecule has 0 aliphatic heterocycles. The van der Waals surface area contributed by atoms with Crippen molar-refractivity contribution in [2.24, 2.45) is 5.73 Å². The van der Waals surface area contributed by atoms with E-state index in [-0.39, 0.29) is 30.6 Å². The van der Waals surface area contributed by atoms with E-state index in [1.165, 1.54) is 5.56 Å². The predicted molar refractivity (Wildman–Crippen MR) is 175 cm³/mol. The highest BCUT2D eigenvalue weighted by atomic mass is 16.5. The molecule has 0 fully saturated rings. The first-order valence-corrected chi connectivity index (χ1v) is 16.1. The van der Waals surface area contributed by atoms with E-state index in [1.54, 1.807) is 16.8 Å². The van der Waals surface area contributed by atoms with Gasteiger partial charge in [-0.05, 0) is 76.0 Å². The summed E-state index contributed by atoms with van der Waals surface area (Å²) >= 11 is 0. The Morgan fingerprint density at radius 3 is 1.98 bits per heavy atom. The molecule has 44 heavy (non-hydrogen) atoms. The van der Waals surface area contributed by atoms with Crippen LogP contribution in [0.25, 0.3) is 0 Å². The molecule has 0 bridgehead atoms. The molecule has 0 aliphatic rings. The lowest BCUT2D eigenvalue weighted by molar-refractivity contribution is -0.132. The third kappa shape index (κ3) is 19.0. The van der Waals surface area contributed by atoms with Crippen molar-refractivity contribution in [2.75, 3.05) is 100 Å². The Bertz CT molecular complexity index is 932. The van der Waals surface area contributed by atoms with Crippen LogP contribution < -0.4 is 11.1 Å². The molecule has 0 aliphatic carbocycles. The largest absolute Gasteiger partial charge is 0.379 e. The molecule has 0 atom stereocenters. The van der Waals surface area contributed by atoms with Crippen LogP contribution >= 0.6 is 0 Å². The minimum absolute atomic E-state index is 0.0300. The van der Waals surface area contributed by atoms with Crippen LogP contribution in [0.5, 0.6) is 0 Å². The number of rotatable bonds is 26. The summed E-state index contributed by atoms with van der Waals surface area (Å²) in [5.74, 6) is 0.280. The number of amides is 3. The van der Waals surface area contributed by atoms with E-state index in [9.17, 15) is 14.4 Å². The molecule has 0 unspecified atom stereocenters. The van der Waals surface area contributed by atoms with Gasteiger partial charge in [-0.25, -0.2) is 0 Å². The van der Waals surface area contributed by atoms with Crippen molar-refractivity contribution in [2.45, 2.75) is 58.3 Å². The van der Waals surface area contributed by atoms with E-state index in [0.29, 0.717) is 78.2 Å². The molecular formula is C33H59N5O6. The molecule has 1 aromatic rings. The fourth-order valence-electron chi connectivity index (χ4n) is 4.37. The highest BCUT2D eigenvalue weighted by Crippen LogP contribution is 2.16. The topological polar surface area (TPSA) is 127 Å². The number of nitrogens with zero attached hydrogens (tertiary/aromatic N) is 3. The molecule has 0 aromatic heterocycles. The first-order chi connectivity index (χ1) is 21.1. The number of carbonyl (C=O) groups excluding carboxylic acids is 3. The molecule has 0 saturated heterocycles. The normalized spacial score (nSPS) is 11.3. The second-order valence-corrected chi connectivity index (χ2v) is 11.5. The lowest BCUT2D eigenvalue weighted by Gasteiger charge is -2.22. The van der Waals surface area contributed by atoms with Crippen LogP contribution in [-0.2, 0) is 23.8 Å². The Hall–Kier alpha value is -2.57. The van der Waals surface area contributed by atoms with E-state index in [0.717, 1.165) is 37.9 Å². The van der Waals surface area contributed by atoms with Crippen molar-refractivity contribution in [3.8, 4) is 0 Å². The van der Waals surface area contributed by atoms with Gasteiger partial charge in [0.1, 0.15) is 0 Å². The Labute approximate surface area is 265 Å². The average molecular weight is 622 g/mol. The number of carbonyl (C=O) groups is 3. The number of ether oxygens (including phenoxy) is 3. The van der Waals surface area contributed by atoms with E-state index in [4.69, 9.17) is 19.9 Å². The third-order valence-electron chi connectivity index (χ3n) is 7.23. The van der Waals surface area contributed by atoms with Crippen LogP contribution in [0.4, 0.5) is 0 Å². The number of nitrogens with one attached hydrogen (secondary N) is 1. The summed E-state index contributed by atoms with van der Waals surface area (Å²) in [5, 5.41) is 2.84. The minimum Gasteiger partial charge on any atom is -0.379 e. The van der Waals surface area contributed by atoms with Gasteiger partial charge in [0.15, 0.2) is 0 Å². The molecule has 11 heteroatoms. The summed E-state index contributed by atoms with van der Waals surface area (Å²) in [6, 6.07) is 7.87. The monoisotopic (exact) mass is 621 g/mol. The van der Waals surface area contributed by atoms with Crippen molar-refractivity contribution in [1.29, 1.82) is 0 Å². The van der Waals surface area contributed by atoms with Gasteiger partial charge in [-0.3, -0.25) is 14.4 Å². The smallest absolute Gasteiger partial charge is 0.253 e. The van der Waals surface area contributed by atoms with Crippen molar-refractivity contribution >= 4 is 17.7 Å². The van der Waals surface area contributed by atoms with Crippen LogP contribution in [0, 0.1) is 0 Å². The number of nitrogens with two attached hydrogens (primary N) is 1. The van der Waals surface area contributed by atoms with Crippen LogP contribution in [0.2, 0.25) is 0 Å². The zero-order valence-corrected chi connectivity index (χ0v) is 28.0. The van der Waals surface area contributed by atoms with E-state index < -0.39 is 0 Å². The molecule has 252 valence electrons. The molecule has 1 aromatic carbocycles. The molecule has 11 nitrogen and oxygen atoms in total. The maximum atomic E-state index is 12.8. The van der Waals surface area contributed by atoms with Gasteiger partial charge in [-0.15, -0.1) is 0 Å². The average Bonchev–Trinajstić information content (AvgIpc) is 3.01. The summed E-state index contributed by atoms with van der Waals surface area (Å²) in [5.41, 5.74) is 7.30. The maximum Gasteiger partial charge on any atom is 0.253 e. The molecule has 0 saturated carbocycles. The maximum absolute atomic E-state index is 12.8. The summed E-state index contributed by atoms with van der Waals surface area (Å²) in [4.78, 5) is 43.0.